The van der Waals surface area contributed by atoms with Gasteiger partial charge in [0.2, 0.25) is 5.91 Å². The minimum Gasteiger partial charge on any atom is -0.497 e. The summed E-state index contributed by atoms with van der Waals surface area (Å²) in [6.45, 7) is 6.81. The van der Waals surface area contributed by atoms with Gasteiger partial charge >= 0.3 is 0 Å². The molecule has 1 unspecified atom stereocenters. The Morgan fingerprint density at radius 3 is 2.24 bits per heavy atom. The summed E-state index contributed by atoms with van der Waals surface area (Å²) >= 11 is 1.21. The van der Waals surface area contributed by atoms with Crippen LogP contribution in [0.25, 0.3) is 0 Å². The molecule has 1 aliphatic rings. The average Bonchev–Trinajstić information content (AvgIpc) is 3.05. The largest absolute Gasteiger partial charge is 0.497 e. The number of nitrogens with zero attached hydrogens (tertiary/aromatic N) is 4. The van der Waals surface area contributed by atoms with Crippen molar-refractivity contribution in [2.24, 2.45) is 0 Å². The van der Waals surface area contributed by atoms with Crippen LogP contribution in [0, 0.1) is 19.7 Å². The quantitative estimate of drug-likeness (QED) is 0.170. The lowest BCUT2D eigenvalue weighted by atomic mass is 10.0. The van der Waals surface area contributed by atoms with E-state index in [4.69, 9.17) is 9.47 Å². The van der Waals surface area contributed by atoms with Gasteiger partial charge in [0.1, 0.15) is 17.6 Å². The molecule has 2 heterocycles. The van der Waals surface area contributed by atoms with E-state index < -0.39 is 17.8 Å². The molecule has 1 aliphatic heterocycles. The second kappa shape index (κ2) is 15.0. The van der Waals surface area contributed by atoms with Gasteiger partial charge in [0.05, 0.1) is 26.1 Å². The van der Waals surface area contributed by atoms with Crippen LogP contribution in [0.4, 0.5) is 15.8 Å². The SMILES string of the molecule is COc1ccc(CN(C(=O)CSc2nc(C)cc(C)n2)C(C(=O)Nc2ccc(N3CCOCC3)cc2)c2ccc(F)cc2)cc1. The number of thioether (sulfide) groups is 1. The lowest BCUT2D eigenvalue weighted by Crippen LogP contribution is -2.41. The van der Waals surface area contributed by atoms with E-state index in [1.807, 2.05) is 56.3 Å². The van der Waals surface area contributed by atoms with E-state index in [0.717, 1.165) is 35.7 Å². The van der Waals surface area contributed by atoms with Crippen LogP contribution >= 0.6 is 11.8 Å². The lowest BCUT2D eigenvalue weighted by molar-refractivity contribution is -0.137. The van der Waals surface area contributed by atoms with Crippen molar-refractivity contribution < 1.29 is 23.5 Å². The molecule has 0 radical (unpaired) electrons. The number of aryl methyl sites for hydroxylation is 2. The van der Waals surface area contributed by atoms with Crippen molar-refractivity contribution in [3.05, 3.63) is 107 Å². The highest BCUT2D eigenvalue weighted by Gasteiger charge is 2.32. The summed E-state index contributed by atoms with van der Waals surface area (Å²) in [4.78, 5) is 40.8. The molecule has 1 atom stereocenters. The number of rotatable bonds is 11. The average molecular weight is 630 g/mol. The van der Waals surface area contributed by atoms with Crippen molar-refractivity contribution >= 4 is 35.0 Å². The smallest absolute Gasteiger partial charge is 0.251 e. The number of morpholine rings is 1. The number of halogens is 1. The summed E-state index contributed by atoms with van der Waals surface area (Å²) in [6.07, 6.45) is 0. The maximum atomic E-state index is 14.1. The molecular formula is C34H36FN5O4S. The minimum absolute atomic E-state index is 0.00172. The van der Waals surface area contributed by atoms with Crippen LogP contribution in [0.3, 0.4) is 0 Å². The van der Waals surface area contributed by atoms with E-state index in [2.05, 4.69) is 20.2 Å². The Morgan fingerprint density at radius 2 is 1.62 bits per heavy atom. The molecule has 0 saturated carbocycles. The number of carbonyl (C=O) groups excluding carboxylic acids is 2. The maximum absolute atomic E-state index is 14.1. The Labute approximate surface area is 266 Å². The second-order valence-electron chi connectivity index (χ2n) is 10.7. The first-order chi connectivity index (χ1) is 21.8. The van der Waals surface area contributed by atoms with Crippen LogP contribution in [0.5, 0.6) is 5.75 Å². The Bertz CT molecular complexity index is 1580. The first-order valence-electron chi connectivity index (χ1n) is 14.7. The Kier molecular flexibility index (Phi) is 10.6. The van der Waals surface area contributed by atoms with Crippen molar-refractivity contribution in [3.63, 3.8) is 0 Å². The fraction of sp³-hybridized carbons (Fsp3) is 0.294. The summed E-state index contributed by atoms with van der Waals surface area (Å²) in [5, 5.41) is 3.47. The van der Waals surface area contributed by atoms with Gasteiger partial charge in [-0.2, -0.15) is 0 Å². The van der Waals surface area contributed by atoms with E-state index in [1.54, 1.807) is 19.2 Å². The van der Waals surface area contributed by atoms with Gasteiger partial charge in [-0.25, -0.2) is 14.4 Å². The van der Waals surface area contributed by atoms with Crippen LogP contribution in [0.2, 0.25) is 0 Å². The second-order valence-corrected chi connectivity index (χ2v) is 11.6. The van der Waals surface area contributed by atoms with Gasteiger partial charge in [-0.15, -0.1) is 0 Å². The molecule has 0 aliphatic carbocycles. The standard InChI is InChI=1S/C34H36FN5O4S/c1-23-20-24(2)37-34(36-23)45-22-31(41)40(21-25-4-14-30(43-3)15-5-25)32(26-6-8-27(35)9-7-26)33(42)38-28-10-12-29(13-11-28)39-16-18-44-19-17-39/h4-15,20,32H,16-19,21-22H2,1-3H3,(H,38,42). The van der Waals surface area contributed by atoms with Crippen molar-refractivity contribution in [2.75, 3.05) is 49.4 Å². The van der Waals surface area contributed by atoms with Crippen molar-refractivity contribution in [1.82, 2.24) is 14.9 Å². The number of carbonyl (C=O) groups is 2. The predicted octanol–water partition coefficient (Wildman–Crippen LogP) is 5.58. The molecule has 9 nitrogen and oxygen atoms in total. The predicted molar refractivity (Wildman–Crippen MR) is 173 cm³/mol. The first kappa shape index (κ1) is 31.9. The molecule has 45 heavy (non-hydrogen) atoms. The molecule has 1 saturated heterocycles. The Morgan fingerprint density at radius 1 is 0.978 bits per heavy atom. The topological polar surface area (TPSA) is 96.9 Å². The minimum atomic E-state index is -1.06. The van der Waals surface area contributed by atoms with Crippen LogP contribution in [0.1, 0.15) is 28.6 Å². The molecule has 234 valence electrons. The molecule has 3 aromatic carbocycles. The Hall–Kier alpha value is -4.48. The molecule has 1 aromatic heterocycles. The molecule has 2 amide bonds. The summed E-state index contributed by atoms with van der Waals surface area (Å²) < 4.78 is 24.8. The third kappa shape index (κ3) is 8.58. The number of hydrogen-bond acceptors (Lipinski definition) is 8. The van der Waals surface area contributed by atoms with E-state index in [0.29, 0.717) is 35.4 Å². The highest BCUT2D eigenvalue weighted by atomic mass is 32.2. The Balaban J connectivity index is 1.44. The van der Waals surface area contributed by atoms with Gasteiger partial charge in [-0.1, -0.05) is 36.0 Å². The summed E-state index contributed by atoms with van der Waals surface area (Å²) in [5.74, 6) is -0.487. The number of ether oxygens (including phenoxy) is 2. The van der Waals surface area contributed by atoms with Gasteiger partial charge in [-0.05, 0) is 79.6 Å². The number of nitrogens with one attached hydrogen (secondary N) is 1. The fourth-order valence-corrected chi connectivity index (χ4v) is 5.96. The van der Waals surface area contributed by atoms with Crippen LogP contribution < -0.4 is 15.0 Å². The van der Waals surface area contributed by atoms with Gasteiger partial charge in [0.15, 0.2) is 5.16 Å². The highest BCUT2D eigenvalue weighted by molar-refractivity contribution is 7.99. The summed E-state index contributed by atoms with van der Waals surface area (Å²) in [6, 6.07) is 21.4. The molecule has 1 fully saturated rings. The summed E-state index contributed by atoms with van der Waals surface area (Å²) in [7, 11) is 1.58. The zero-order valence-corrected chi connectivity index (χ0v) is 26.4. The van der Waals surface area contributed by atoms with Crippen molar-refractivity contribution in [1.29, 1.82) is 0 Å². The molecular weight excluding hydrogens is 593 g/mol. The van der Waals surface area contributed by atoms with Crippen molar-refractivity contribution in [2.45, 2.75) is 31.6 Å². The molecule has 0 bridgehead atoms. The highest BCUT2D eigenvalue weighted by Crippen LogP contribution is 2.29. The number of amides is 2. The molecule has 4 aromatic rings. The first-order valence-corrected chi connectivity index (χ1v) is 15.6. The van der Waals surface area contributed by atoms with Gasteiger partial charge in [-0.3, -0.25) is 9.59 Å². The molecule has 11 heteroatoms. The van der Waals surface area contributed by atoms with Gasteiger partial charge < -0.3 is 24.6 Å². The molecule has 5 rings (SSSR count). The van der Waals surface area contributed by atoms with Crippen LogP contribution in [0.15, 0.2) is 84.0 Å². The van der Waals surface area contributed by atoms with Gasteiger partial charge in [0, 0.05) is 42.4 Å². The normalized spacial score (nSPS) is 13.6. The van der Waals surface area contributed by atoms with Gasteiger partial charge in [0.25, 0.3) is 5.91 Å². The lowest BCUT2D eigenvalue weighted by Gasteiger charge is -2.32. The number of benzene rings is 3. The molecule has 1 N–H and O–H groups in total. The number of anilines is 2. The third-order valence-electron chi connectivity index (χ3n) is 7.38. The van der Waals surface area contributed by atoms with Crippen LogP contribution in [-0.4, -0.2) is 65.8 Å². The monoisotopic (exact) mass is 629 g/mol. The van der Waals surface area contributed by atoms with E-state index in [-0.39, 0.29) is 18.2 Å². The maximum Gasteiger partial charge on any atom is 0.251 e. The fourth-order valence-electron chi connectivity index (χ4n) is 5.12. The molecule has 0 spiro atoms. The third-order valence-corrected chi connectivity index (χ3v) is 8.21. The van der Waals surface area contributed by atoms with E-state index in [1.165, 1.54) is 40.9 Å². The zero-order chi connectivity index (χ0) is 31.8. The van der Waals surface area contributed by atoms with Crippen LogP contribution in [-0.2, 0) is 20.9 Å². The summed E-state index contributed by atoms with van der Waals surface area (Å²) in [5.41, 5.74) is 4.50. The van der Waals surface area contributed by atoms with E-state index in [9.17, 15) is 14.0 Å². The van der Waals surface area contributed by atoms with E-state index >= 15 is 0 Å². The number of methoxy groups -OCH3 is 1. The van der Waals surface area contributed by atoms with Crippen molar-refractivity contribution in [3.8, 4) is 5.75 Å². The number of hydrogen-bond donors (Lipinski definition) is 1. The zero-order valence-electron chi connectivity index (χ0n) is 25.5. The number of aromatic nitrogens is 2.